The zero-order valence-corrected chi connectivity index (χ0v) is 11.5. The molecule has 1 aromatic rings. The first-order valence-electron chi connectivity index (χ1n) is 5.39. The van der Waals surface area contributed by atoms with Crippen molar-refractivity contribution in [1.82, 2.24) is 5.32 Å². The van der Waals surface area contributed by atoms with Crippen molar-refractivity contribution in [2.24, 2.45) is 0 Å². The van der Waals surface area contributed by atoms with E-state index in [1.54, 1.807) is 13.0 Å². The third kappa shape index (κ3) is 4.71. The number of hydrogen-bond acceptors (Lipinski definition) is 2. The van der Waals surface area contributed by atoms with Gasteiger partial charge in [0.1, 0.15) is 0 Å². The van der Waals surface area contributed by atoms with Crippen LogP contribution in [0.15, 0.2) is 40.4 Å². The van der Waals surface area contributed by atoms with Crippen LogP contribution < -0.4 is 5.32 Å². The molecule has 0 saturated carbocycles. The van der Waals surface area contributed by atoms with Crippen LogP contribution in [0.1, 0.15) is 25.5 Å². The summed E-state index contributed by atoms with van der Waals surface area (Å²) < 4.78 is 1.05. The second-order valence-corrected chi connectivity index (χ2v) is 4.79. The van der Waals surface area contributed by atoms with Gasteiger partial charge in [0.25, 0.3) is 0 Å². The fourth-order valence-corrected chi connectivity index (χ4v) is 1.61. The van der Waals surface area contributed by atoms with E-state index in [1.807, 2.05) is 31.2 Å². The van der Waals surface area contributed by atoms with Gasteiger partial charge in [-0.3, -0.25) is 0 Å². The number of carboxylic acids is 1. The Labute approximate surface area is 110 Å². The highest BCUT2D eigenvalue weighted by Gasteiger charge is 2.04. The molecule has 0 aromatic heterocycles. The van der Waals surface area contributed by atoms with E-state index < -0.39 is 5.97 Å². The van der Waals surface area contributed by atoms with E-state index in [2.05, 4.69) is 21.2 Å². The zero-order chi connectivity index (χ0) is 12.8. The van der Waals surface area contributed by atoms with Gasteiger partial charge in [0.15, 0.2) is 0 Å². The van der Waals surface area contributed by atoms with Gasteiger partial charge in [-0.25, -0.2) is 4.79 Å². The molecule has 0 aliphatic carbocycles. The first kappa shape index (κ1) is 13.9. The predicted molar refractivity (Wildman–Crippen MR) is 72.0 cm³/mol. The van der Waals surface area contributed by atoms with Crippen LogP contribution in [0.3, 0.4) is 0 Å². The van der Waals surface area contributed by atoms with Crippen molar-refractivity contribution < 1.29 is 9.90 Å². The molecule has 0 spiro atoms. The number of benzene rings is 1. The Morgan fingerprint density at radius 1 is 1.47 bits per heavy atom. The Morgan fingerprint density at radius 2 is 2.06 bits per heavy atom. The summed E-state index contributed by atoms with van der Waals surface area (Å²) in [6.07, 6.45) is 1.68. The van der Waals surface area contributed by atoms with E-state index in [-0.39, 0.29) is 6.04 Å². The molecule has 0 bridgehead atoms. The molecule has 0 radical (unpaired) electrons. The van der Waals surface area contributed by atoms with Gasteiger partial charge in [-0.1, -0.05) is 34.1 Å². The highest BCUT2D eigenvalue weighted by Crippen LogP contribution is 2.16. The van der Waals surface area contributed by atoms with E-state index in [4.69, 9.17) is 5.11 Å². The summed E-state index contributed by atoms with van der Waals surface area (Å²) in [5, 5.41) is 11.9. The first-order valence-corrected chi connectivity index (χ1v) is 6.19. The number of aliphatic carboxylic acids is 1. The molecule has 0 aliphatic rings. The van der Waals surface area contributed by atoms with Crippen LogP contribution in [0.4, 0.5) is 0 Å². The third-order valence-electron chi connectivity index (χ3n) is 2.54. The molecule has 2 N–H and O–H groups in total. The van der Waals surface area contributed by atoms with Gasteiger partial charge in [-0.05, 0) is 31.5 Å². The molecule has 0 heterocycles. The Hall–Kier alpha value is -1.13. The summed E-state index contributed by atoms with van der Waals surface area (Å²) in [4.78, 5) is 10.6. The molecule has 17 heavy (non-hydrogen) atoms. The maximum absolute atomic E-state index is 10.6. The monoisotopic (exact) mass is 297 g/mol. The highest BCUT2D eigenvalue weighted by atomic mass is 79.9. The second kappa shape index (κ2) is 6.57. The van der Waals surface area contributed by atoms with Crippen LogP contribution in [-0.4, -0.2) is 17.6 Å². The summed E-state index contributed by atoms with van der Waals surface area (Å²) in [5.74, 6) is -0.872. The fraction of sp³-hybridized carbons (Fsp3) is 0.308. The van der Waals surface area contributed by atoms with Gasteiger partial charge in [0.05, 0.1) is 0 Å². The molecule has 0 fully saturated rings. The smallest absolute Gasteiger partial charge is 0.330 e. The van der Waals surface area contributed by atoms with Gasteiger partial charge < -0.3 is 10.4 Å². The van der Waals surface area contributed by atoms with Crippen LogP contribution in [0.2, 0.25) is 0 Å². The van der Waals surface area contributed by atoms with Crippen LogP contribution in [-0.2, 0) is 4.79 Å². The standard InChI is InChI=1S/C13H16BrNO2/c1-9(13(16)17)7-8-15-10(2)11-3-5-12(14)6-4-11/h3-7,10,15H,8H2,1-2H3,(H,16,17)/b9-7-. The summed E-state index contributed by atoms with van der Waals surface area (Å²) in [6, 6.07) is 8.25. The van der Waals surface area contributed by atoms with Crippen LogP contribution in [0.5, 0.6) is 0 Å². The Morgan fingerprint density at radius 3 is 2.59 bits per heavy atom. The van der Waals surface area contributed by atoms with Gasteiger partial charge in [-0.2, -0.15) is 0 Å². The molecule has 0 saturated heterocycles. The van der Waals surface area contributed by atoms with Gasteiger partial charge in [0.2, 0.25) is 0 Å². The maximum atomic E-state index is 10.6. The summed E-state index contributed by atoms with van der Waals surface area (Å²) >= 11 is 3.39. The molecular formula is C13H16BrNO2. The largest absolute Gasteiger partial charge is 0.478 e. The van der Waals surface area contributed by atoms with Crippen molar-refractivity contribution in [1.29, 1.82) is 0 Å². The average Bonchev–Trinajstić information content (AvgIpc) is 2.29. The minimum atomic E-state index is -0.872. The van der Waals surface area contributed by atoms with E-state index in [1.165, 1.54) is 5.56 Å². The third-order valence-corrected chi connectivity index (χ3v) is 3.07. The molecular weight excluding hydrogens is 282 g/mol. The highest BCUT2D eigenvalue weighted by molar-refractivity contribution is 9.10. The van der Waals surface area contributed by atoms with Crippen molar-refractivity contribution in [2.75, 3.05) is 6.54 Å². The number of carboxylic acid groups (broad SMARTS) is 1. The number of carbonyl (C=O) groups is 1. The van der Waals surface area contributed by atoms with Crippen LogP contribution in [0, 0.1) is 0 Å². The lowest BCUT2D eigenvalue weighted by molar-refractivity contribution is -0.132. The molecule has 1 aromatic carbocycles. The normalized spacial score (nSPS) is 13.5. The Kier molecular flexibility index (Phi) is 5.38. The molecule has 92 valence electrons. The van der Waals surface area contributed by atoms with Crippen molar-refractivity contribution in [2.45, 2.75) is 19.9 Å². The maximum Gasteiger partial charge on any atom is 0.330 e. The average molecular weight is 298 g/mol. The van der Waals surface area contributed by atoms with Gasteiger partial charge in [0, 0.05) is 22.6 Å². The molecule has 0 amide bonds. The van der Waals surface area contributed by atoms with Crippen LogP contribution >= 0.6 is 15.9 Å². The fourth-order valence-electron chi connectivity index (χ4n) is 1.35. The zero-order valence-electron chi connectivity index (χ0n) is 9.90. The number of halogens is 1. The van der Waals surface area contributed by atoms with Crippen LogP contribution in [0.25, 0.3) is 0 Å². The van der Waals surface area contributed by atoms with Crippen molar-refractivity contribution in [3.8, 4) is 0 Å². The minimum Gasteiger partial charge on any atom is -0.478 e. The number of nitrogens with one attached hydrogen (secondary N) is 1. The molecule has 1 atom stereocenters. The topological polar surface area (TPSA) is 49.3 Å². The van der Waals surface area contributed by atoms with Crippen molar-refractivity contribution in [3.63, 3.8) is 0 Å². The van der Waals surface area contributed by atoms with E-state index in [0.717, 1.165) is 4.47 Å². The SMILES string of the molecule is C/C(=C/CNC(C)c1ccc(Br)cc1)C(=O)O. The van der Waals surface area contributed by atoms with E-state index >= 15 is 0 Å². The number of rotatable bonds is 5. The van der Waals surface area contributed by atoms with E-state index in [0.29, 0.717) is 12.1 Å². The molecule has 0 aliphatic heterocycles. The van der Waals surface area contributed by atoms with Crippen molar-refractivity contribution in [3.05, 3.63) is 46.0 Å². The first-order chi connectivity index (χ1) is 8.00. The lowest BCUT2D eigenvalue weighted by atomic mass is 10.1. The van der Waals surface area contributed by atoms with Gasteiger partial charge >= 0.3 is 5.97 Å². The number of hydrogen-bond donors (Lipinski definition) is 2. The van der Waals surface area contributed by atoms with Crippen molar-refractivity contribution >= 4 is 21.9 Å². The summed E-state index contributed by atoms with van der Waals surface area (Å²) in [5.41, 5.74) is 1.54. The Bertz CT molecular complexity index is 412. The Balaban J connectivity index is 2.50. The van der Waals surface area contributed by atoms with Gasteiger partial charge in [-0.15, -0.1) is 0 Å². The second-order valence-electron chi connectivity index (χ2n) is 3.87. The summed E-state index contributed by atoms with van der Waals surface area (Å²) in [6.45, 7) is 4.19. The quantitative estimate of drug-likeness (QED) is 0.821. The predicted octanol–water partition coefficient (Wildman–Crippen LogP) is 3.13. The van der Waals surface area contributed by atoms with E-state index in [9.17, 15) is 4.79 Å². The lowest BCUT2D eigenvalue weighted by Gasteiger charge is -2.12. The molecule has 3 nitrogen and oxygen atoms in total. The molecule has 4 heteroatoms. The molecule has 1 unspecified atom stereocenters. The minimum absolute atomic E-state index is 0.195. The lowest BCUT2D eigenvalue weighted by Crippen LogP contribution is -2.19. The molecule has 1 rings (SSSR count). The summed E-state index contributed by atoms with van der Waals surface area (Å²) in [7, 11) is 0.